The van der Waals surface area contributed by atoms with Gasteiger partial charge in [0, 0.05) is 0 Å². The third kappa shape index (κ3) is 10.2. The van der Waals surface area contributed by atoms with Crippen molar-refractivity contribution in [3.8, 4) is 5.75 Å². The lowest BCUT2D eigenvalue weighted by Crippen LogP contribution is -2.25. The lowest BCUT2D eigenvalue weighted by atomic mass is 10.1. The Morgan fingerprint density at radius 1 is 1.02 bits per heavy atom. The van der Waals surface area contributed by atoms with Crippen LogP contribution in [-0.2, 0) is 39.1 Å². The van der Waals surface area contributed by atoms with Crippen LogP contribution in [0.1, 0.15) is 28.6 Å². The van der Waals surface area contributed by atoms with Gasteiger partial charge in [0.15, 0.2) is 5.76 Å². The van der Waals surface area contributed by atoms with E-state index in [4.69, 9.17) is 31.4 Å². The summed E-state index contributed by atoms with van der Waals surface area (Å²) in [6.45, 7) is -0.220. The van der Waals surface area contributed by atoms with Gasteiger partial charge in [-0.1, -0.05) is 36.0 Å². The van der Waals surface area contributed by atoms with E-state index in [1.807, 2.05) is 0 Å². The molecule has 12 nitrogen and oxygen atoms in total. The van der Waals surface area contributed by atoms with Crippen molar-refractivity contribution >= 4 is 33.3 Å². The number of halogens is 3. The summed E-state index contributed by atoms with van der Waals surface area (Å²) in [4.78, 5) is 34.1. The lowest BCUT2D eigenvalue weighted by molar-refractivity contribution is -0.137. The van der Waals surface area contributed by atoms with Crippen LogP contribution in [0.3, 0.4) is 0 Å². The second-order valence-electron chi connectivity index (χ2n) is 7.96. The van der Waals surface area contributed by atoms with Gasteiger partial charge in [0.1, 0.15) is 31.3 Å². The highest BCUT2D eigenvalue weighted by Crippen LogP contribution is 2.31. The maximum Gasteiger partial charge on any atom is 0.518 e. The van der Waals surface area contributed by atoms with Crippen LogP contribution in [0, 0.1) is 0 Å². The van der Waals surface area contributed by atoms with Crippen LogP contribution in [0.2, 0.25) is 0 Å². The van der Waals surface area contributed by atoms with Gasteiger partial charge in [-0.2, -0.15) is 21.6 Å². The Bertz CT molecular complexity index is 1460. The van der Waals surface area contributed by atoms with E-state index in [1.165, 1.54) is 12.1 Å². The zero-order valence-electron chi connectivity index (χ0n) is 20.0. The minimum absolute atomic E-state index is 0.0534. The van der Waals surface area contributed by atoms with Crippen molar-refractivity contribution in [1.29, 1.82) is 0 Å². The van der Waals surface area contributed by atoms with Crippen LogP contribution in [-0.4, -0.2) is 40.5 Å². The van der Waals surface area contributed by atoms with Crippen LogP contribution in [0.5, 0.6) is 5.75 Å². The molecule has 40 heavy (non-hydrogen) atoms. The van der Waals surface area contributed by atoms with Gasteiger partial charge < -0.3 is 18.3 Å². The molecule has 2 unspecified atom stereocenters. The number of alkyl halides is 3. The van der Waals surface area contributed by atoms with Crippen molar-refractivity contribution < 1.29 is 58.6 Å². The summed E-state index contributed by atoms with van der Waals surface area (Å²) in [7, 11) is -4.67. The average molecular weight is 608 g/mol. The SMILES string of the molecule is O=C1NC(=O)C(Cc2ccc(OCC(OCc3coc(=O)o3)c3ccc(C(F)(F)F)cc3)cc2)S1.O=S(=O)(O)O. The van der Waals surface area contributed by atoms with Crippen LogP contribution >= 0.6 is 11.8 Å². The maximum atomic E-state index is 12.9. The zero-order valence-corrected chi connectivity index (χ0v) is 21.6. The molecule has 1 aliphatic rings. The molecular weight excluding hydrogens is 587 g/mol. The third-order valence-electron chi connectivity index (χ3n) is 5.05. The van der Waals surface area contributed by atoms with Gasteiger partial charge in [-0.3, -0.25) is 24.0 Å². The monoisotopic (exact) mass is 607 g/mol. The quantitative estimate of drug-likeness (QED) is 0.299. The summed E-state index contributed by atoms with van der Waals surface area (Å²) >= 11 is 0.940. The first kappa shape index (κ1) is 30.9. The molecule has 3 N–H and O–H groups in total. The van der Waals surface area contributed by atoms with E-state index in [-0.39, 0.29) is 30.1 Å². The van der Waals surface area contributed by atoms with E-state index in [0.717, 1.165) is 35.7 Å². The average Bonchev–Trinajstić information content (AvgIpc) is 3.42. The number of thioether (sulfide) groups is 1. The summed E-state index contributed by atoms with van der Waals surface area (Å²) in [5.41, 5.74) is 0.452. The predicted octanol–water partition coefficient (Wildman–Crippen LogP) is 3.83. The number of imide groups is 1. The number of amides is 2. The van der Waals surface area contributed by atoms with E-state index in [1.54, 1.807) is 24.3 Å². The first-order chi connectivity index (χ1) is 18.7. The van der Waals surface area contributed by atoms with Gasteiger partial charge >= 0.3 is 22.4 Å². The molecule has 4 rings (SSSR count). The zero-order chi connectivity index (χ0) is 29.5. The third-order valence-corrected chi connectivity index (χ3v) is 6.03. The van der Waals surface area contributed by atoms with Crippen LogP contribution in [0.15, 0.2) is 68.4 Å². The van der Waals surface area contributed by atoms with Gasteiger partial charge in [0.2, 0.25) is 5.91 Å². The molecule has 1 aromatic heterocycles. The van der Waals surface area contributed by atoms with Gasteiger partial charge in [0.25, 0.3) is 5.24 Å². The summed E-state index contributed by atoms with van der Waals surface area (Å²) in [5, 5.41) is 1.38. The molecule has 17 heteroatoms. The number of hydrogen-bond acceptors (Lipinski definition) is 10. The van der Waals surface area contributed by atoms with Gasteiger partial charge in [-0.05, 0) is 41.8 Å². The molecule has 1 saturated heterocycles. The molecule has 216 valence electrons. The summed E-state index contributed by atoms with van der Waals surface area (Å²) in [6, 6.07) is 11.3. The molecule has 0 aliphatic carbocycles. The molecule has 0 radical (unpaired) electrons. The van der Waals surface area contributed by atoms with Crippen molar-refractivity contribution in [2.45, 2.75) is 30.6 Å². The number of ether oxygens (including phenoxy) is 2. The number of carbonyl (C=O) groups excluding carboxylic acids is 2. The molecule has 0 bridgehead atoms. The Kier molecular flexibility index (Phi) is 10.2. The Labute approximate surface area is 228 Å². The normalized spacial score (nSPS) is 16.2. The Hall–Kier alpha value is -3.64. The number of benzene rings is 2. The van der Waals surface area contributed by atoms with Gasteiger partial charge in [0.05, 0.1) is 10.8 Å². The van der Waals surface area contributed by atoms with Crippen LogP contribution < -0.4 is 15.9 Å². The topological polar surface area (TPSA) is 183 Å². The molecule has 2 atom stereocenters. The fourth-order valence-electron chi connectivity index (χ4n) is 3.28. The van der Waals surface area contributed by atoms with Crippen molar-refractivity contribution in [3.63, 3.8) is 0 Å². The minimum Gasteiger partial charge on any atom is -0.491 e. The van der Waals surface area contributed by atoms with E-state index in [9.17, 15) is 27.6 Å². The Balaban J connectivity index is 0.000000810. The van der Waals surface area contributed by atoms with Crippen LogP contribution in [0.25, 0.3) is 0 Å². The largest absolute Gasteiger partial charge is 0.518 e. The summed E-state index contributed by atoms with van der Waals surface area (Å²) in [5.74, 6) is -0.651. The van der Waals surface area contributed by atoms with Gasteiger partial charge in [-0.15, -0.1) is 0 Å². The van der Waals surface area contributed by atoms with E-state index in [0.29, 0.717) is 17.7 Å². The maximum absolute atomic E-state index is 12.9. The highest BCUT2D eigenvalue weighted by atomic mass is 32.3. The molecular formula is C23H20F3NO11S2. The summed E-state index contributed by atoms with van der Waals surface area (Å²) < 4.78 is 91.2. The number of nitrogens with one attached hydrogen (secondary N) is 1. The van der Waals surface area contributed by atoms with Crippen molar-refractivity contribution in [3.05, 3.63) is 87.9 Å². The number of carbonyl (C=O) groups is 2. The first-order valence-electron chi connectivity index (χ1n) is 11.0. The molecule has 1 aliphatic heterocycles. The Morgan fingerprint density at radius 2 is 1.65 bits per heavy atom. The molecule has 0 spiro atoms. The second kappa shape index (κ2) is 13.1. The highest BCUT2D eigenvalue weighted by molar-refractivity contribution is 8.15. The fourth-order valence-corrected chi connectivity index (χ4v) is 4.14. The molecule has 3 aromatic rings. The standard InChI is InChI=1S/C23H18F3NO7S.H2O4S/c24-23(25,26)15-5-3-14(4-6-15)18(32-10-17-11-33-22(30)34-17)12-31-16-7-1-13(2-8-16)9-19-20(28)27-21(29)35-19;1-5(2,3)4/h1-8,11,18-19H,9-10,12H2,(H,27,28,29);(H2,1,2,3,4). The molecule has 1 fully saturated rings. The van der Waals surface area contributed by atoms with Crippen molar-refractivity contribution in [2.24, 2.45) is 0 Å². The van der Waals surface area contributed by atoms with E-state index < -0.39 is 39.3 Å². The molecule has 2 aromatic carbocycles. The Morgan fingerprint density at radius 3 is 2.15 bits per heavy atom. The first-order valence-corrected chi connectivity index (χ1v) is 13.2. The molecule has 2 heterocycles. The minimum atomic E-state index is -4.67. The van der Waals surface area contributed by atoms with E-state index in [2.05, 4.69) is 9.73 Å². The highest BCUT2D eigenvalue weighted by Gasteiger charge is 2.32. The van der Waals surface area contributed by atoms with Gasteiger partial charge in [-0.25, -0.2) is 4.79 Å². The molecule has 2 amide bonds. The second-order valence-corrected chi connectivity index (χ2v) is 10.0. The number of hydrogen-bond donors (Lipinski definition) is 3. The molecule has 0 saturated carbocycles. The predicted molar refractivity (Wildman–Crippen MR) is 131 cm³/mol. The smallest absolute Gasteiger partial charge is 0.491 e. The lowest BCUT2D eigenvalue weighted by Gasteiger charge is -2.19. The summed E-state index contributed by atoms with van der Waals surface area (Å²) in [6.07, 6.45) is -3.81. The van der Waals surface area contributed by atoms with Crippen molar-refractivity contribution in [1.82, 2.24) is 5.32 Å². The van der Waals surface area contributed by atoms with Crippen LogP contribution in [0.4, 0.5) is 18.0 Å². The fraction of sp³-hybridized carbons (Fsp3) is 0.261. The van der Waals surface area contributed by atoms with E-state index >= 15 is 0 Å². The number of rotatable bonds is 9. The van der Waals surface area contributed by atoms with Crippen molar-refractivity contribution in [2.75, 3.05) is 6.61 Å².